The van der Waals surface area contributed by atoms with Gasteiger partial charge < -0.3 is 39.6 Å². The van der Waals surface area contributed by atoms with Crippen LogP contribution in [-0.4, -0.2) is 96.5 Å². The van der Waals surface area contributed by atoms with Gasteiger partial charge in [-0.2, -0.15) is 0 Å². The lowest BCUT2D eigenvalue weighted by Gasteiger charge is -2.17. The van der Waals surface area contributed by atoms with Gasteiger partial charge >= 0.3 is 0 Å². The van der Waals surface area contributed by atoms with E-state index in [0.717, 1.165) is 6.54 Å². The van der Waals surface area contributed by atoms with E-state index in [9.17, 15) is 9.59 Å². The Hall–Kier alpha value is -1.80. The topological polar surface area (TPSA) is 116 Å². The lowest BCUT2D eigenvalue weighted by Crippen LogP contribution is -2.28. The monoisotopic (exact) mass is 587 g/mol. The van der Waals surface area contributed by atoms with Crippen molar-refractivity contribution in [1.82, 2.24) is 10.6 Å². The molecule has 0 saturated heterocycles. The fourth-order valence-corrected chi connectivity index (χ4v) is 4.36. The van der Waals surface area contributed by atoms with Crippen molar-refractivity contribution in [2.24, 2.45) is 5.92 Å². The largest absolute Gasteiger partial charge is 0.490 e. The van der Waals surface area contributed by atoms with Crippen LogP contribution in [0.25, 0.3) is 0 Å². The molecule has 0 aromatic heterocycles. The fourth-order valence-electron chi connectivity index (χ4n) is 2.89. The molecular formula is C27H45N3O7S2. The van der Waals surface area contributed by atoms with E-state index in [-0.39, 0.29) is 30.3 Å². The number of benzene rings is 1. The van der Waals surface area contributed by atoms with Gasteiger partial charge in [0.05, 0.1) is 46.1 Å². The first-order chi connectivity index (χ1) is 18.9. The van der Waals surface area contributed by atoms with Crippen LogP contribution >= 0.6 is 21.6 Å². The number of nitrogens with one attached hydrogen (secondary N) is 3. The van der Waals surface area contributed by atoms with E-state index in [2.05, 4.69) is 29.8 Å². The molecule has 39 heavy (non-hydrogen) atoms. The zero-order valence-electron chi connectivity index (χ0n) is 23.6. The number of carbonyl (C=O) groups is 2. The number of rotatable bonds is 24. The van der Waals surface area contributed by atoms with Crippen LogP contribution in [0.15, 0.2) is 36.4 Å². The zero-order valence-corrected chi connectivity index (χ0v) is 25.2. The average molecular weight is 588 g/mol. The van der Waals surface area contributed by atoms with Gasteiger partial charge in [0.15, 0.2) is 0 Å². The van der Waals surface area contributed by atoms with Crippen molar-refractivity contribution in [3.63, 3.8) is 0 Å². The number of hydrogen-bond donors (Lipinski definition) is 3. The number of hydrogen-bond acceptors (Lipinski definition) is 10. The molecule has 0 radical (unpaired) electrons. The van der Waals surface area contributed by atoms with Gasteiger partial charge in [0.2, 0.25) is 11.8 Å². The molecule has 0 heterocycles. The standard InChI is InChI=1S/C27H45N3O7S2/c1-22(2)7-6-11-29-26(32)20-35-17-18-36-27(39-38-4)21-37-24-9-5-8-23(19-24)30-25(31)10-13-33-15-16-34-14-12-28-3/h5-9,19,22,27-28H,10-18,20-21H2,1-4H3,(H,29,32)(H,30,31)/b7-6+/t27-/m0/s1. The van der Waals surface area contributed by atoms with Crippen molar-refractivity contribution in [1.29, 1.82) is 0 Å². The average Bonchev–Trinajstić information content (AvgIpc) is 2.91. The molecule has 3 N–H and O–H groups in total. The van der Waals surface area contributed by atoms with Gasteiger partial charge in [0.25, 0.3) is 0 Å². The molecule has 1 rings (SSSR count). The number of ether oxygens (including phenoxy) is 5. The lowest BCUT2D eigenvalue weighted by molar-refractivity contribution is -0.126. The molecule has 0 fully saturated rings. The van der Waals surface area contributed by atoms with Gasteiger partial charge in [-0.05, 0) is 31.4 Å². The SMILES string of the molecule is CNCCOCCOCCC(=O)Nc1cccc(OC[C@@H](OCCOCC(=O)NC/C=C/C(C)C)SSC)c1. The quantitative estimate of drug-likeness (QED) is 0.0720. The summed E-state index contributed by atoms with van der Waals surface area (Å²) in [5.41, 5.74) is 0.422. The van der Waals surface area contributed by atoms with E-state index in [1.807, 2.05) is 37.6 Å². The Morgan fingerprint density at radius 1 is 1.00 bits per heavy atom. The van der Waals surface area contributed by atoms with E-state index in [4.69, 9.17) is 23.7 Å². The van der Waals surface area contributed by atoms with Crippen molar-refractivity contribution < 1.29 is 33.3 Å². The minimum Gasteiger partial charge on any atom is -0.490 e. The van der Waals surface area contributed by atoms with Crippen molar-refractivity contribution in [2.45, 2.75) is 25.7 Å². The normalized spacial score (nSPS) is 12.1. The number of anilines is 1. The van der Waals surface area contributed by atoms with Crippen LogP contribution in [0.5, 0.6) is 5.75 Å². The van der Waals surface area contributed by atoms with E-state index in [1.54, 1.807) is 33.7 Å². The highest BCUT2D eigenvalue weighted by Gasteiger charge is 2.12. The Morgan fingerprint density at radius 3 is 2.51 bits per heavy atom. The molecule has 0 aliphatic rings. The maximum absolute atomic E-state index is 12.2. The Morgan fingerprint density at radius 2 is 1.77 bits per heavy atom. The van der Waals surface area contributed by atoms with Crippen molar-refractivity contribution >= 4 is 39.1 Å². The van der Waals surface area contributed by atoms with E-state index < -0.39 is 0 Å². The van der Waals surface area contributed by atoms with Gasteiger partial charge in [-0.3, -0.25) is 9.59 Å². The third-order valence-electron chi connectivity index (χ3n) is 4.75. The molecule has 0 aliphatic heterocycles. The van der Waals surface area contributed by atoms with Crippen LogP contribution in [0.4, 0.5) is 5.69 Å². The molecule has 0 spiro atoms. The van der Waals surface area contributed by atoms with Gasteiger partial charge in [-0.15, -0.1) is 0 Å². The summed E-state index contributed by atoms with van der Waals surface area (Å²) in [6, 6.07) is 7.22. The number of carbonyl (C=O) groups excluding carboxylic acids is 2. The van der Waals surface area contributed by atoms with Gasteiger partial charge in [0, 0.05) is 24.8 Å². The predicted molar refractivity (Wildman–Crippen MR) is 159 cm³/mol. The molecule has 0 saturated carbocycles. The third kappa shape index (κ3) is 20.7. The smallest absolute Gasteiger partial charge is 0.246 e. The van der Waals surface area contributed by atoms with Crippen LogP contribution in [0.2, 0.25) is 0 Å². The van der Waals surface area contributed by atoms with Crippen molar-refractivity contribution in [2.75, 3.05) is 84.6 Å². The highest BCUT2D eigenvalue weighted by Crippen LogP contribution is 2.26. The molecule has 0 unspecified atom stereocenters. The summed E-state index contributed by atoms with van der Waals surface area (Å²) in [4.78, 5) is 24.0. The van der Waals surface area contributed by atoms with Gasteiger partial charge in [0.1, 0.15) is 24.4 Å². The van der Waals surface area contributed by atoms with E-state index in [1.165, 1.54) is 0 Å². The van der Waals surface area contributed by atoms with Crippen LogP contribution < -0.4 is 20.7 Å². The summed E-state index contributed by atoms with van der Waals surface area (Å²) in [6.45, 7) is 8.31. The summed E-state index contributed by atoms with van der Waals surface area (Å²) in [7, 11) is 4.98. The summed E-state index contributed by atoms with van der Waals surface area (Å²) < 4.78 is 28.0. The molecule has 2 amide bonds. The second kappa shape index (κ2) is 24.0. The van der Waals surface area contributed by atoms with E-state index in [0.29, 0.717) is 70.1 Å². The van der Waals surface area contributed by atoms with Gasteiger partial charge in [-0.1, -0.05) is 53.7 Å². The maximum atomic E-state index is 12.2. The minimum atomic E-state index is -0.226. The first-order valence-electron chi connectivity index (χ1n) is 13.1. The maximum Gasteiger partial charge on any atom is 0.246 e. The molecular weight excluding hydrogens is 542 g/mol. The molecule has 10 nitrogen and oxygen atoms in total. The summed E-state index contributed by atoms with van der Waals surface area (Å²) >= 11 is 0. The van der Waals surface area contributed by atoms with Crippen molar-refractivity contribution in [3.8, 4) is 5.75 Å². The Bertz CT molecular complexity index is 815. The highest BCUT2D eigenvalue weighted by molar-refractivity contribution is 8.76. The fraction of sp³-hybridized carbons (Fsp3) is 0.630. The van der Waals surface area contributed by atoms with Crippen LogP contribution in [0.1, 0.15) is 20.3 Å². The highest BCUT2D eigenvalue weighted by atomic mass is 33.1. The summed E-state index contributed by atoms with van der Waals surface area (Å²) in [5.74, 6) is 0.781. The summed E-state index contributed by atoms with van der Waals surface area (Å²) in [5, 5.41) is 8.64. The Balaban J connectivity index is 2.26. The lowest BCUT2D eigenvalue weighted by atomic mass is 10.2. The molecule has 1 aromatic carbocycles. The molecule has 0 aliphatic carbocycles. The third-order valence-corrected chi connectivity index (χ3v) is 6.65. The molecule has 12 heteroatoms. The first kappa shape index (κ1) is 35.2. The number of allylic oxidation sites excluding steroid dienone is 1. The zero-order chi connectivity index (χ0) is 28.6. The molecule has 222 valence electrons. The van der Waals surface area contributed by atoms with Crippen LogP contribution in [0.3, 0.4) is 0 Å². The predicted octanol–water partition coefficient (Wildman–Crippen LogP) is 3.35. The molecule has 1 atom stereocenters. The minimum absolute atomic E-state index is 0.00820. The van der Waals surface area contributed by atoms with Crippen LogP contribution in [-0.2, 0) is 28.5 Å². The molecule has 0 bridgehead atoms. The van der Waals surface area contributed by atoms with Crippen molar-refractivity contribution in [3.05, 3.63) is 36.4 Å². The van der Waals surface area contributed by atoms with Gasteiger partial charge in [-0.25, -0.2) is 0 Å². The van der Waals surface area contributed by atoms with Crippen LogP contribution in [0, 0.1) is 5.92 Å². The van der Waals surface area contributed by atoms with E-state index >= 15 is 0 Å². The second-order valence-electron chi connectivity index (χ2n) is 8.56. The Kier molecular flexibility index (Phi) is 21.7. The summed E-state index contributed by atoms with van der Waals surface area (Å²) in [6.07, 6.45) is 6.19. The first-order valence-corrected chi connectivity index (χ1v) is 15.7. The number of amides is 2. The second-order valence-corrected chi connectivity index (χ2v) is 11.2. The molecule has 1 aromatic rings. The number of likely N-dealkylation sites (N-methyl/N-ethyl adjacent to an activating group) is 1. The Labute approximate surface area is 241 Å².